The van der Waals surface area contributed by atoms with E-state index in [0.29, 0.717) is 23.6 Å². The van der Waals surface area contributed by atoms with Gasteiger partial charge in [0.1, 0.15) is 6.04 Å². The first-order chi connectivity index (χ1) is 13.1. The van der Waals surface area contributed by atoms with E-state index in [1.54, 1.807) is 12.1 Å². The van der Waals surface area contributed by atoms with Gasteiger partial charge in [-0.2, -0.15) is 0 Å². The maximum atomic E-state index is 13.0. The monoisotopic (exact) mass is 370 g/mol. The molecule has 142 valence electrons. The molecular weight excluding hydrogens is 348 g/mol. The fraction of sp³-hybridized carbons (Fsp3) is 0.474. The first-order valence-electron chi connectivity index (χ1n) is 9.31. The topological polar surface area (TPSA) is 108 Å². The van der Waals surface area contributed by atoms with Crippen molar-refractivity contribution in [3.05, 3.63) is 34.9 Å². The van der Waals surface area contributed by atoms with Crippen LogP contribution in [-0.2, 0) is 16.1 Å². The van der Waals surface area contributed by atoms with Gasteiger partial charge in [-0.25, -0.2) is 0 Å². The maximum Gasteiger partial charge on any atom is 0.262 e. The molecule has 3 heterocycles. The molecule has 1 aromatic carbocycles. The van der Waals surface area contributed by atoms with Crippen LogP contribution in [0.4, 0.5) is 0 Å². The average molecular weight is 370 g/mol. The summed E-state index contributed by atoms with van der Waals surface area (Å²) in [7, 11) is 0. The van der Waals surface area contributed by atoms with Crippen LogP contribution >= 0.6 is 0 Å². The van der Waals surface area contributed by atoms with E-state index >= 15 is 0 Å². The SMILES string of the molecule is O=C1CCC(N2C(=O)c3cccc(CNC[C@H]4CCNC4)c3C2=O)C(=O)N1. The lowest BCUT2D eigenvalue weighted by Crippen LogP contribution is -2.54. The summed E-state index contributed by atoms with van der Waals surface area (Å²) in [6.07, 6.45) is 1.41. The van der Waals surface area contributed by atoms with Crippen molar-refractivity contribution < 1.29 is 19.2 Å². The van der Waals surface area contributed by atoms with E-state index < -0.39 is 23.8 Å². The summed E-state index contributed by atoms with van der Waals surface area (Å²) in [5.41, 5.74) is 1.45. The van der Waals surface area contributed by atoms with Crippen molar-refractivity contribution in [1.29, 1.82) is 0 Å². The van der Waals surface area contributed by atoms with Gasteiger partial charge >= 0.3 is 0 Å². The number of nitrogens with one attached hydrogen (secondary N) is 3. The van der Waals surface area contributed by atoms with Gasteiger partial charge in [-0.15, -0.1) is 0 Å². The van der Waals surface area contributed by atoms with E-state index in [0.717, 1.165) is 36.5 Å². The summed E-state index contributed by atoms with van der Waals surface area (Å²) in [5.74, 6) is -1.32. The van der Waals surface area contributed by atoms with Crippen LogP contribution in [0.2, 0.25) is 0 Å². The molecule has 1 unspecified atom stereocenters. The Balaban J connectivity index is 1.52. The summed E-state index contributed by atoms with van der Waals surface area (Å²) in [5, 5.41) is 8.90. The van der Waals surface area contributed by atoms with Crippen molar-refractivity contribution in [2.75, 3.05) is 19.6 Å². The summed E-state index contributed by atoms with van der Waals surface area (Å²) in [4.78, 5) is 50.3. The maximum absolute atomic E-state index is 13.0. The van der Waals surface area contributed by atoms with Crippen LogP contribution in [0.3, 0.4) is 0 Å². The van der Waals surface area contributed by atoms with Crippen LogP contribution in [0, 0.1) is 5.92 Å². The van der Waals surface area contributed by atoms with E-state index in [1.165, 1.54) is 0 Å². The Kier molecular flexibility index (Phi) is 4.75. The van der Waals surface area contributed by atoms with Gasteiger partial charge in [-0.3, -0.25) is 29.4 Å². The quantitative estimate of drug-likeness (QED) is 0.619. The molecule has 2 atom stereocenters. The van der Waals surface area contributed by atoms with Crippen molar-refractivity contribution in [3.8, 4) is 0 Å². The fourth-order valence-electron chi connectivity index (χ4n) is 4.03. The lowest BCUT2D eigenvalue weighted by molar-refractivity contribution is -0.136. The van der Waals surface area contributed by atoms with E-state index in [2.05, 4.69) is 16.0 Å². The summed E-state index contributed by atoms with van der Waals surface area (Å²) < 4.78 is 0. The zero-order valence-electron chi connectivity index (χ0n) is 14.9. The van der Waals surface area contributed by atoms with Gasteiger partial charge in [0.25, 0.3) is 11.8 Å². The third-order valence-electron chi connectivity index (χ3n) is 5.47. The number of imide groups is 2. The van der Waals surface area contributed by atoms with Crippen molar-refractivity contribution in [3.63, 3.8) is 0 Å². The van der Waals surface area contributed by atoms with Crippen LogP contribution < -0.4 is 16.0 Å². The standard InChI is InChI=1S/C19H22N4O4/c24-15-5-4-14(17(25)22-15)23-18(26)13-3-1-2-12(16(13)19(23)27)10-21-9-11-6-7-20-8-11/h1-3,11,14,20-21H,4-10H2,(H,22,24,25)/t11-,14?/m0/s1. The highest BCUT2D eigenvalue weighted by molar-refractivity contribution is 6.24. The van der Waals surface area contributed by atoms with Gasteiger partial charge in [0.2, 0.25) is 11.8 Å². The second-order valence-corrected chi connectivity index (χ2v) is 7.28. The zero-order chi connectivity index (χ0) is 19.0. The van der Waals surface area contributed by atoms with Crippen molar-refractivity contribution >= 4 is 23.6 Å². The second kappa shape index (κ2) is 7.21. The molecule has 1 aromatic rings. The molecule has 3 N–H and O–H groups in total. The number of rotatable bonds is 5. The molecule has 3 aliphatic heterocycles. The predicted octanol–water partition coefficient (Wildman–Crippen LogP) is -0.213. The van der Waals surface area contributed by atoms with E-state index in [1.807, 2.05) is 6.07 Å². The van der Waals surface area contributed by atoms with E-state index in [9.17, 15) is 19.2 Å². The Morgan fingerprint density at radius 2 is 1.96 bits per heavy atom. The van der Waals surface area contributed by atoms with Gasteiger partial charge in [0.15, 0.2) is 0 Å². The molecule has 2 fully saturated rings. The van der Waals surface area contributed by atoms with Crippen LogP contribution in [0.15, 0.2) is 18.2 Å². The first kappa shape index (κ1) is 17.8. The molecule has 27 heavy (non-hydrogen) atoms. The van der Waals surface area contributed by atoms with E-state index in [-0.39, 0.29) is 18.7 Å². The number of nitrogens with zero attached hydrogens (tertiary/aromatic N) is 1. The van der Waals surface area contributed by atoms with Crippen LogP contribution in [0.5, 0.6) is 0 Å². The average Bonchev–Trinajstić information content (AvgIpc) is 3.24. The minimum absolute atomic E-state index is 0.119. The van der Waals surface area contributed by atoms with Gasteiger partial charge in [-0.1, -0.05) is 12.1 Å². The lowest BCUT2D eigenvalue weighted by atomic mass is 10.0. The normalized spacial score (nSPS) is 25.1. The number of piperidine rings is 1. The minimum atomic E-state index is -0.930. The first-order valence-corrected chi connectivity index (χ1v) is 9.31. The van der Waals surface area contributed by atoms with Gasteiger partial charge in [-0.05, 0) is 50.0 Å². The summed E-state index contributed by atoms with van der Waals surface area (Å²) in [6.45, 7) is 3.35. The number of hydrogen-bond donors (Lipinski definition) is 3. The zero-order valence-corrected chi connectivity index (χ0v) is 14.9. The van der Waals surface area contributed by atoms with Gasteiger partial charge in [0.05, 0.1) is 11.1 Å². The van der Waals surface area contributed by atoms with Crippen molar-refractivity contribution in [2.45, 2.75) is 31.8 Å². The number of benzene rings is 1. The Bertz CT molecular complexity index is 816. The number of fused-ring (bicyclic) bond motifs is 1. The predicted molar refractivity (Wildman–Crippen MR) is 95.8 cm³/mol. The Morgan fingerprint density at radius 1 is 1.11 bits per heavy atom. The Morgan fingerprint density at radius 3 is 2.70 bits per heavy atom. The molecule has 4 amide bonds. The summed E-state index contributed by atoms with van der Waals surface area (Å²) >= 11 is 0. The van der Waals surface area contributed by atoms with Crippen LogP contribution in [0.25, 0.3) is 0 Å². The number of carbonyl (C=O) groups is 4. The van der Waals surface area contributed by atoms with Crippen LogP contribution in [-0.4, -0.2) is 54.2 Å². The molecule has 3 aliphatic rings. The molecule has 2 saturated heterocycles. The molecule has 0 aromatic heterocycles. The molecule has 0 spiro atoms. The highest BCUT2D eigenvalue weighted by Crippen LogP contribution is 2.29. The molecular formula is C19H22N4O4. The number of amides is 4. The minimum Gasteiger partial charge on any atom is -0.316 e. The molecule has 0 saturated carbocycles. The molecule has 8 heteroatoms. The molecule has 0 aliphatic carbocycles. The third-order valence-corrected chi connectivity index (χ3v) is 5.47. The Hall–Kier alpha value is -2.58. The molecule has 8 nitrogen and oxygen atoms in total. The molecule has 0 bridgehead atoms. The second-order valence-electron chi connectivity index (χ2n) is 7.28. The summed E-state index contributed by atoms with van der Waals surface area (Å²) in [6, 6.07) is 4.27. The lowest BCUT2D eigenvalue weighted by Gasteiger charge is -2.27. The molecule has 0 radical (unpaired) electrons. The number of hydrogen-bond acceptors (Lipinski definition) is 6. The Labute approximate surface area is 156 Å². The number of carbonyl (C=O) groups excluding carboxylic acids is 4. The highest BCUT2D eigenvalue weighted by atomic mass is 16.2. The smallest absolute Gasteiger partial charge is 0.262 e. The van der Waals surface area contributed by atoms with Crippen LogP contribution in [0.1, 0.15) is 45.5 Å². The van der Waals surface area contributed by atoms with Gasteiger partial charge in [0, 0.05) is 13.0 Å². The third kappa shape index (κ3) is 3.26. The fourth-order valence-corrected chi connectivity index (χ4v) is 4.03. The van der Waals surface area contributed by atoms with Crippen molar-refractivity contribution in [1.82, 2.24) is 20.9 Å². The van der Waals surface area contributed by atoms with Crippen molar-refractivity contribution in [2.24, 2.45) is 5.92 Å². The van der Waals surface area contributed by atoms with Gasteiger partial charge < -0.3 is 10.6 Å². The largest absolute Gasteiger partial charge is 0.316 e. The highest BCUT2D eigenvalue weighted by Gasteiger charge is 2.45. The van der Waals surface area contributed by atoms with E-state index in [4.69, 9.17) is 0 Å². The molecule has 4 rings (SSSR count).